The Kier molecular flexibility index (Phi) is 3.97. The third kappa shape index (κ3) is 2.62. The molecule has 80 valence electrons. The lowest BCUT2D eigenvalue weighted by Gasteiger charge is -1.93. The third-order valence-corrected chi connectivity index (χ3v) is 1.95. The van der Waals surface area contributed by atoms with E-state index in [2.05, 4.69) is 15.4 Å². The molecule has 15 heavy (non-hydrogen) atoms. The number of fused-ring (bicyclic) bond motifs is 1. The summed E-state index contributed by atoms with van der Waals surface area (Å²) in [5.74, 6) is 0.327. The highest BCUT2D eigenvalue weighted by molar-refractivity contribution is 5.63. The van der Waals surface area contributed by atoms with E-state index in [-0.39, 0.29) is 5.56 Å². The van der Waals surface area contributed by atoms with Gasteiger partial charge in [-0.3, -0.25) is 4.79 Å². The molecule has 2 rings (SSSR count). The van der Waals surface area contributed by atoms with Crippen molar-refractivity contribution in [3.63, 3.8) is 0 Å². The van der Waals surface area contributed by atoms with Crippen molar-refractivity contribution in [3.05, 3.63) is 33.8 Å². The molecule has 1 unspecified atom stereocenters. The summed E-state index contributed by atoms with van der Waals surface area (Å²) in [7, 11) is 0. The van der Waals surface area contributed by atoms with E-state index in [4.69, 9.17) is 0 Å². The fourth-order valence-corrected chi connectivity index (χ4v) is 1.19. The van der Waals surface area contributed by atoms with Crippen LogP contribution in [0, 0.1) is 5.92 Å². The van der Waals surface area contributed by atoms with Crippen molar-refractivity contribution in [2.24, 2.45) is 5.92 Å². The van der Waals surface area contributed by atoms with Crippen LogP contribution in [0.4, 0.5) is 0 Å². The molecule has 1 aliphatic carbocycles. The molecule has 0 radical (unpaired) electrons. The Hall–Kier alpha value is -1.71. The van der Waals surface area contributed by atoms with Gasteiger partial charge >= 0.3 is 0 Å². The molecule has 1 heterocycles. The van der Waals surface area contributed by atoms with Gasteiger partial charge in [-0.25, -0.2) is 5.10 Å². The molecule has 4 nitrogen and oxygen atoms in total. The van der Waals surface area contributed by atoms with E-state index in [1.807, 2.05) is 39.0 Å². The topological polar surface area (TPSA) is 58.6 Å². The van der Waals surface area contributed by atoms with E-state index in [1.54, 1.807) is 6.08 Å². The van der Waals surface area contributed by atoms with Gasteiger partial charge in [-0.05, 0) is 12.0 Å². The van der Waals surface area contributed by atoms with Crippen LogP contribution < -0.4 is 5.56 Å². The summed E-state index contributed by atoms with van der Waals surface area (Å²) >= 11 is 0. The van der Waals surface area contributed by atoms with Crippen molar-refractivity contribution >= 4 is 12.2 Å². The Bertz CT molecular complexity index is 432. The first-order chi connectivity index (χ1) is 7.27. The summed E-state index contributed by atoms with van der Waals surface area (Å²) in [6.07, 6.45) is 7.55. The lowest BCUT2D eigenvalue weighted by Crippen LogP contribution is -2.14. The van der Waals surface area contributed by atoms with Crippen LogP contribution in [-0.2, 0) is 0 Å². The fraction of sp³-hybridized carbons (Fsp3) is 0.364. The lowest BCUT2D eigenvalue weighted by atomic mass is 10.2. The first kappa shape index (κ1) is 11.4. The van der Waals surface area contributed by atoms with Gasteiger partial charge in [0.05, 0.1) is 11.3 Å². The second-order valence-electron chi connectivity index (χ2n) is 3.02. The van der Waals surface area contributed by atoms with Crippen LogP contribution in [0.1, 0.15) is 32.0 Å². The van der Waals surface area contributed by atoms with Crippen LogP contribution in [0.5, 0.6) is 0 Å². The zero-order valence-corrected chi connectivity index (χ0v) is 9.19. The summed E-state index contributed by atoms with van der Waals surface area (Å²) in [4.78, 5) is 11.3. The van der Waals surface area contributed by atoms with Crippen molar-refractivity contribution < 1.29 is 0 Å². The maximum atomic E-state index is 11.3. The Balaban J connectivity index is 0.000000531. The number of H-pyrrole nitrogens is 1. The summed E-state index contributed by atoms with van der Waals surface area (Å²) in [5.41, 5.74) is 1.01. The van der Waals surface area contributed by atoms with Crippen molar-refractivity contribution in [1.29, 1.82) is 0 Å². The normalized spacial score (nSPS) is 17.4. The highest BCUT2D eigenvalue weighted by Gasteiger charge is 2.06. The summed E-state index contributed by atoms with van der Waals surface area (Å²) in [5, 5.41) is 9.62. The number of aromatic nitrogens is 3. The van der Waals surface area contributed by atoms with Crippen LogP contribution >= 0.6 is 0 Å². The molecule has 0 spiro atoms. The molecule has 0 saturated heterocycles. The van der Waals surface area contributed by atoms with Gasteiger partial charge in [0.2, 0.25) is 0 Å². The summed E-state index contributed by atoms with van der Waals surface area (Å²) < 4.78 is 0. The van der Waals surface area contributed by atoms with Gasteiger partial charge in [-0.15, -0.1) is 5.10 Å². The maximum absolute atomic E-state index is 11.3. The average Bonchev–Trinajstić information content (AvgIpc) is 2.45. The molecule has 1 aromatic rings. The van der Waals surface area contributed by atoms with E-state index in [0.29, 0.717) is 17.2 Å². The van der Waals surface area contributed by atoms with Gasteiger partial charge in [-0.2, -0.15) is 0 Å². The molecule has 0 aromatic carbocycles. The number of hydrogen-bond donors (Lipinski definition) is 1. The number of hydrogen-bond acceptors (Lipinski definition) is 3. The second kappa shape index (κ2) is 5.24. The molecule has 0 saturated carbocycles. The Labute approximate surface area is 88.7 Å². The quantitative estimate of drug-likeness (QED) is 0.703. The largest absolute Gasteiger partial charge is 0.274 e. The van der Waals surface area contributed by atoms with Gasteiger partial charge in [-0.1, -0.05) is 44.2 Å². The number of nitrogens with zero attached hydrogens (tertiary/aromatic N) is 2. The molecule has 0 aliphatic heterocycles. The first-order valence-corrected chi connectivity index (χ1v) is 5.09. The zero-order valence-electron chi connectivity index (χ0n) is 9.19. The van der Waals surface area contributed by atoms with E-state index >= 15 is 0 Å². The minimum atomic E-state index is -0.194. The number of nitrogens with one attached hydrogen (secondary N) is 1. The smallest absolute Gasteiger partial charge is 0.267 e. The number of rotatable bonds is 0. The highest BCUT2D eigenvalue weighted by atomic mass is 16.1. The van der Waals surface area contributed by atoms with Crippen molar-refractivity contribution in [2.75, 3.05) is 0 Å². The van der Waals surface area contributed by atoms with Crippen LogP contribution in [-0.4, -0.2) is 15.4 Å². The highest BCUT2D eigenvalue weighted by Crippen LogP contribution is 2.13. The predicted octanol–water partition coefficient (Wildman–Crippen LogP) is 1.87. The van der Waals surface area contributed by atoms with Gasteiger partial charge in [0.15, 0.2) is 0 Å². The second-order valence-corrected chi connectivity index (χ2v) is 3.02. The van der Waals surface area contributed by atoms with Crippen molar-refractivity contribution in [3.8, 4) is 0 Å². The summed E-state index contributed by atoms with van der Waals surface area (Å²) in [6.45, 7) is 6.04. The number of allylic oxidation sites excluding steroid dienone is 2. The van der Waals surface area contributed by atoms with Crippen LogP contribution in [0.15, 0.2) is 16.9 Å². The lowest BCUT2D eigenvalue weighted by molar-refractivity contribution is 0.830. The third-order valence-electron chi connectivity index (χ3n) is 1.95. The van der Waals surface area contributed by atoms with E-state index in [1.165, 1.54) is 0 Å². The number of aromatic amines is 1. The van der Waals surface area contributed by atoms with Gasteiger partial charge in [0, 0.05) is 0 Å². The first-order valence-electron chi connectivity index (χ1n) is 5.09. The van der Waals surface area contributed by atoms with Gasteiger partial charge in [0.25, 0.3) is 5.56 Å². The van der Waals surface area contributed by atoms with E-state index in [9.17, 15) is 4.79 Å². The Morgan fingerprint density at radius 3 is 2.67 bits per heavy atom. The van der Waals surface area contributed by atoms with Crippen LogP contribution in [0.2, 0.25) is 0 Å². The minimum absolute atomic E-state index is 0.194. The van der Waals surface area contributed by atoms with Gasteiger partial charge < -0.3 is 0 Å². The summed E-state index contributed by atoms with van der Waals surface area (Å²) in [6, 6.07) is 0. The molecule has 4 heteroatoms. The molecule has 0 fully saturated rings. The van der Waals surface area contributed by atoms with Crippen LogP contribution in [0.25, 0.3) is 12.2 Å². The van der Waals surface area contributed by atoms with E-state index < -0.39 is 0 Å². The van der Waals surface area contributed by atoms with Crippen molar-refractivity contribution in [2.45, 2.75) is 20.8 Å². The average molecular weight is 205 g/mol. The maximum Gasteiger partial charge on any atom is 0.274 e. The fourth-order valence-electron chi connectivity index (χ4n) is 1.19. The van der Waals surface area contributed by atoms with Crippen molar-refractivity contribution in [1.82, 2.24) is 15.4 Å². The molecule has 1 atom stereocenters. The zero-order chi connectivity index (χ0) is 11.3. The molecule has 1 aromatic heterocycles. The molecular weight excluding hydrogens is 190 g/mol. The molecule has 1 N–H and O–H groups in total. The molecule has 0 amide bonds. The molecule has 1 aliphatic rings. The predicted molar refractivity (Wildman–Crippen MR) is 61.2 cm³/mol. The Morgan fingerprint density at radius 1 is 1.27 bits per heavy atom. The Morgan fingerprint density at radius 2 is 1.93 bits per heavy atom. The monoisotopic (exact) mass is 205 g/mol. The van der Waals surface area contributed by atoms with Gasteiger partial charge in [0.1, 0.15) is 0 Å². The standard InChI is InChI=1S/C9H9N3O.C2H6/c1-6-2-4-7-8(5-3-6)10-12-11-9(7)13;1-2/h2-6H,1H3,(H,10,11,13);1-2H3. The van der Waals surface area contributed by atoms with E-state index in [0.717, 1.165) is 0 Å². The molecule has 0 bridgehead atoms. The SMILES string of the molecule is CC.CC1C=Cc2nn[nH]c(=O)c2C=C1. The van der Waals surface area contributed by atoms with Crippen LogP contribution in [0.3, 0.4) is 0 Å². The minimum Gasteiger partial charge on any atom is -0.267 e. The molecular formula is C11H15N3O.